The smallest absolute Gasteiger partial charge is 0.229 e. The molecule has 3 aromatic rings. The molecule has 0 spiro atoms. The molecule has 1 aliphatic rings. The van der Waals surface area contributed by atoms with E-state index in [0.717, 1.165) is 28.1 Å². The lowest BCUT2D eigenvalue weighted by Crippen LogP contribution is -2.28. The van der Waals surface area contributed by atoms with Gasteiger partial charge >= 0.3 is 0 Å². The van der Waals surface area contributed by atoms with Gasteiger partial charge < -0.3 is 15.0 Å². The molecule has 5 heteroatoms. The zero-order valence-electron chi connectivity index (χ0n) is 19.6. The summed E-state index contributed by atoms with van der Waals surface area (Å²) in [6.07, 6.45) is 0.215. The molecule has 33 heavy (non-hydrogen) atoms. The van der Waals surface area contributed by atoms with Gasteiger partial charge in [-0.2, -0.15) is 0 Å². The highest BCUT2D eigenvalue weighted by Gasteiger charge is 2.35. The van der Waals surface area contributed by atoms with Gasteiger partial charge in [-0.1, -0.05) is 43.7 Å². The fourth-order valence-corrected chi connectivity index (χ4v) is 4.04. The first-order valence-corrected chi connectivity index (χ1v) is 11.4. The molecule has 0 radical (unpaired) electrons. The first-order chi connectivity index (χ1) is 15.8. The topological polar surface area (TPSA) is 58.6 Å². The van der Waals surface area contributed by atoms with Crippen LogP contribution in [0.3, 0.4) is 0 Å². The number of aryl methyl sites for hydroxylation is 2. The van der Waals surface area contributed by atoms with Crippen LogP contribution in [0.1, 0.15) is 42.9 Å². The van der Waals surface area contributed by atoms with Crippen LogP contribution in [0, 0.1) is 19.8 Å². The Morgan fingerprint density at radius 1 is 0.970 bits per heavy atom. The zero-order chi connectivity index (χ0) is 23.5. The number of nitrogens with one attached hydrogen (secondary N) is 1. The summed E-state index contributed by atoms with van der Waals surface area (Å²) in [4.78, 5) is 27.0. The van der Waals surface area contributed by atoms with E-state index in [2.05, 4.69) is 31.3 Å². The van der Waals surface area contributed by atoms with Crippen molar-refractivity contribution < 1.29 is 14.3 Å². The van der Waals surface area contributed by atoms with E-state index in [0.29, 0.717) is 23.9 Å². The average Bonchev–Trinajstić information content (AvgIpc) is 3.17. The average molecular weight is 443 g/mol. The van der Waals surface area contributed by atoms with Crippen LogP contribution in [0.5, 0.6) is 11.5 Å². The van der Waals surface area contributed by atoms with Crippen molar-refractivity contribution in [1.82, 2.24) is 0 Å². The lowest BCUT2D eigenvalue weighted by Gasteiger charge is -2.17. The van der Waals surface area contributed by atoms with Gasteiger partial charge in [0.15, 0.2) is 0 Å². The second-order valence-corrected chi connectivity index (χ2v) is 9.05. The van der Waals surface area contributed by atoms with E-state index >= 15 is 0 Å². The minimum absolute atomic E-state index is 0.0261. The number of carbonyl (C=O) groups excluding carboxylic acids is 2. The molecule has 0 aliphatic carbocycles. The molecule has 5 nitrogen and oxygen atoms in total. The van der Waals surface area contributed by atoms with Gasteiger partial charge in [0, 0.05) is 24.3 Å². The van der Waals surface area contributed by atoms with Crippen LogP contribution in [-0.4, -0.2) is 18.4 Å². The molecule has 0 saturated carbocycles. The third-order valence-corrected chi connectivity index (χ3v) is 5.98. The second-order valence-electron chi connectivity index (χ2n) is 9.05. The Bertz CT molecular complexity index is 1150. The number of hydrogen-bond acceptors (Lipinski definition) is 3. The molecule has 3 aromatic carbocycles. The number of amides is 2. The fraction of sp³-hybridized carbons (Fsp3) is 0.286. The summed E-state index contributed by atoms with van der Waals surface area (Å²) in [6, 6.07) is 21.4. The Balaban J connectivity index is 1.39. The SMILES string of the molecule is Cc1ccc(N2C[C@@H](C(=O)Nc3ccc(Oc4cc(C)ccc4C(C)C)cc3)CC2=O)cc1. The maximum Gasteiger partial charge on any atom is 0.229 e. The number of carbonyl (C=O) groups is 2. The summed E-state index contributed by atoms with van der Waals surface area (Å²) in [5.41, 5.74) is 4.95. The first-order valence-electron chi connectivity index (χ1n) is 11.4. The van der Waals surface area contributed by atoms with Gasteiger partial charge in [0.1, 0.15) is 11.5 Å². The van der Waals surface area contributed by atoms with Crippen molar-refractivity contribution in [2.24, 2.45) is 5.92 Å². The Labute approximate surface area is 195 Å². The standard InChI is InChI=1S/C28H30N2O3/c1-18(2)25-14-7-20(4)15-26(25)33-24-12-8-22(9-13-24)29-28(32)21-16-27(31)30(17-21)23-10-5-19(3)6-11-23/h5-15,18,21H,16-17H2,1-4H3,(H,29,32)/t21-/m0/s1. The fourth-order valence-electron chi connectivity index (χ4n) is 4.04. The van der Waals surface area contributed by atoms with Crippen LogP contribution in [0.4, 0.5) is 11.4 Å². The highest BCUT2D eigenvalue weighted by Crippen LogP contribution is 2.32. The van der Waals surface area contributed by atoms with Crippen LogP contribution in [0.25, 0.3) is 0 Å². The Hall–Kier alpha value is -3.60. The summed E-state index contributed by atoms with van der Waals surface area (Å²) in [7, 11) is 0. The van der Waals surface area contributed by atoms with E-state index in [4.69, 9.17) is 4.74 Å². The van der Waals surface area contributed by atoms with Gasteiger partial charge in [0.05, 0.1) is 5.92 Å². The minimum atomic E-state index is -0.379. The van der Waals surface area contributed by atoms with Gasteiger partial charge in [-0.15, -0.1) is 0 Å². The van der Waals surface area contributed by atoms with Crippen molar-refractivity contribution in [3.8, 4) is 11.5 Å². The highest BCUT2D eigenvalue weighted by molar-refractivity contribution is 6.03. The van der Waals surface area contributed by atoms with E-state index in [1.54, 1.807) is 4.90 Å². The predicted octanol–water partition coefficient (Wildman–Crippen LogP) is 6.21. The summed E-state index contributed by atoms with van der Waals surface area (Å²) < 4.78 is 6.13. The normalized spacial score (nSPS) is 15.7. The van der Waals surface area contributed by atoms with Gasteiger partial charge in [-0.25, -0.2) is 0 Å². The lowest BCUT2D eigenvalue weighted by atomic mass is 10.0. The quantitative estimate of drug-likeness (QED) is 0.494. The molecule has 0 bridgehead atoms. The molecule has 1 atom stereocenters. The van der Waals surface area contributed by atoms with E-state index in [1.165, 1.54) is 0 Å². The first kappa shape index (κ1) is 22.6. The van der Waals surface area contributed by atoms with Crippen molar-refractivity contribution in [2.45, 2.75) is 40.0 Å². The summed E-state index contributed by atoms with van der Waals surface area (Å²) in [5, 5.41) is 2.94. The molecule has 2 amide bonds. The largest absolute Gasteiger partial charge is 0.457 e. The van der Waals surface area contributed by atoms with Crippen molar-refractivity contribution >= 4 is 23.2 Å². The van der Waals surface area contributed by atoms with E-state index < -0.39 is 0 Å². The number of ether oxygens (including phenoxy) is 1. The Kier molecular flexibility index (Phi) is 6.50. The molecule has 0 unspecified atom stereocenters. The number of nitrogens with zero attached hydrogens (tertiary/aromatic N) is 1. The van der Waals surface area contributed by atoms with Crippen molar-refractivity contribution in [3.63, 3.8) is 0 Å². The third kappa shape index (κ3) is 5.25. The molecule has 0 aromatic heterocycles. The van der Waals surface area contributed by atoms with Crippen LogP contribution >= 0.6 is 0 Å². The minimum Gasteiger partial charge on any atom is -0.457 e. The third-order valence-electron chi connectivity index (χ3n) is 5.98. The van der Waals surface area contributed by atoms with Crippen LogP contribution in [-0.2, 0) is 9.59 Å². The molecule has 1 saturated heterocycles. The van der Waals surface area contributed by atoms with Gasteiger partial charge in [-0.3, -0.25) is 9.59 Å². The van der Waals surface area contributed by atoms with Gasteiger partial charge in [-0.05, 0) is 73.4 Å². The van der Waals surface area contributed by atoms with Crippen LogP contribution < -0.4 is 15.0 Å². The second kappa shape index (κ2) is 9.49. The Morgan fingerprint density at radius 2 is 1.64 bits per heavy atom. The van der Waals surface area contributed by atoms with Gasteiger partial charge in [0.25, 0.3) is 0 Å². The molecule has 1 aliphatic heterocycles. The number of benzene rings is 3. The molecule has 1 heterocycles. The molecule has 170 valence electrons. The highest BCUT2D eigenvalue weighted by atomic mass is 16.5. The summed E-state index contributed by atoms with van der Waals surface area (Å²) >= 11 is 0. The molecular formula is C28H30N2O3. The van der Waals surface area contributed by atoms with E-state index in [9.17, 15) is 9.59 Å². The molecule has 4 rings (SSSR count). The van der Waals surface area contributed by atoms with Gasteiger partial charge in [0.2, 0.25) is 11.8 Å². The zero-order valence-corrected chi connectivity index (χ0v) is 19.6. The molecular weight excluding hydrogens is 412 g/mol. The van der Waals surface area contributed by atoms with Crippen LogP contribution in [0.2, 0.25) is 0 Å². The van der Waals surface area contributed by atoms with E-state index in [1.807, 2.05) is 68.4 Å². The maximum atomic E-state index is 12.8. The van der Waals surface area contributed by atoms with Crippen molar-refractivity contribution in [2.75, 3.05) is 16.8 Å². The predicted molar refractivity (Wildman–Crippen MR) is 132 cm³/mol. The van der Waals surface area contributed by atoms with Crippen molar-refractivity contribution in [1.29, 1.82) is 0 Å². The molecule has 1 fully saturated rings. The number of rotatable bonds is 6. The van der Waals surface area contributed by atoms with Crippen LogP contribution in [0.15, 0.2) is 66.7 Å². The monoisotopic (exact) mass is 442 g/mol. The summed E-state index contributed by atoms with van der Waals surface area (Å²) in [5.74, 6) is 1.36. The van der Waals surface area contributed by atoms with Crippen molar-refractivity contribution in [3.05, 3.63) is 83.4 Å². The Morgan fingerprint density at radius 3 is 2.30 bits per heavy atom. The lowest BCUT2D eigenvalue weighted by molar-refractivity contribution is -0.122. The number of anilines is 2. The van der Waals surface area contributed by atoms with E-state index in [-0.39, 0.29) is 24.2 Å². The molecule has 1 N–H and O–H groups in total. The maximum absolute atomic E-state index is 12.8. The summed E-state index contributed by atoms with van der Waals surface area (Å²) in [6.45, 7) is 8.73. The number of hydrogen-bond donors (Lipinski definition) is 1.